The van der Waals surface area contributed by atoms with Crippen molar-refractivity contribution >= 4 is 17.5 Å². The first-order valence-electron chi connectivity index (χ1n) is 10.4. The van der Waals surface area contributed by atoms with Crippen LogP contribution in [-0.4, -0.2) is 49.4 Å². The molecule has 3 aromatic rings. The zero-order valence-electron chi connectivity index (χ0n) is 17.1. The molecule has 1 saturated carbocycles. The molecule has 0 aromatic carbocycles. The van der Waals surface area contributed by atoms with Gasteiger partial charge in [-0.15, -0.1) is 0 Å². The van der Waals surface area contributed by atoms with Gasteiger partial charge in [0.25, 0.3) is 5.91 Å². The average Bonchev–Trinajstić information content (AvgIpc) is 2.81. The molecule has 6 rings (SSSR count). The Morgan fingerprint density at radius 2 is 1.97 bits per heavy atom. The number of carbonyl (C=O) groups excluding carboxylic acids is 1. The van der Waals surface area contributed by atoms with Gasteiger partial charge in [0.05, 0.1) is 16.6 Å². The third kappa shape index (κ3) is 3.97. The molecule has 3 aliphatic rings. The molecule has 5 heterocycles. The highest BCUT2D eigenvalue weighted by Crippen LogP contribution is 2.38. The molecule has 7 nitrogen and oxygen atoms in total. The number of pyridine rings is 2. The fourth-order valence-electron chi connectivity index (χ4n) is 4.56. The van der Waals surface area contributed by atoms with Gasteiger partial charge in [-0.3, -0.25) is 9.78 Å². The van der Waals surface area contributed by atoms with Crippen LogP contribution < -0.4 is 4.74 Å². The highest BCUT2D eigenvalue weighted by molar-refractivity contribution is 6.30. The van der Waals surface area contributed by atoms with E-state index in [-0.39, 0.29) is 18.1 Å². The number of hydrogen-bond acceptors (Lipinski definition) is 6. The monoisotopic (exact) mass is 435 g/mol. The largest absolute Gasteiger partial charge is 0.472 e. The molecule has 3 fully saturated rings. The smallest absolute Gasteiger partial charge is 0.273 e. The highest BCUT2D eigenvalue weighted by Gasteiger charge is 2.45. The van der Waals surface area contributed by atoms with Crippen molar-refractivity contribution in [1.29, 1.82) is 0 Å². The van der Waals surface area contributed by atoms with Crippen LogP contribution in [0.1, 0.15) is 35.3 Å². The van der Waals surface area contributed by atoms with Crippen LogP contribution in [0.15, 0.2) is 49.1 Å². The van der Waals surface area contributed by atoms with E-state index in [1.165, 1.54) is 0 Å². The molecule has 31 heavy (non-hydrogen) atoms. The molecule has 158 valence electrons. The summed E-state index contributed by atoms with van der Waals surface area (Å²) in [7, 11) is 0. The maximum Gasteiger partial charge on any atom is 0.273 e. The lowest BCUT2D eigenvalue weighted by Crippen LogP contribution is -2.59. The molecule has 2 bridgehead atoms. The zero-order valence-corrected chi connectivity index (χ0v) is 17.9. The molecule has 1 aliphatic carbocycles. The van der Waals surface area contributed by atoms with Crippen molar-refractivity contribution in [3.05, 3.63) is 65.3 Å². The molecule has 1 amide bonds. The molecule has 0 spiro atoms. The molecule has 2 saturated heterocycles. The number of halogens is 1. The van der Waals surface area contributed by atoms with Crippen LogP contribution in [0.4, 0.5) is 0 Å². The second-order valence-corrected chi connectivity index (χ2v) is 8.59. The van der Waals surface area contributed by atoms with E-state index in [4.69, 9.17) is 16.3 Å². The van der Waals surface area contributed by atoms with E-state index in [1.807, 2.05) is 17.9 Å². The van der Waals surface area contributed by atoms with Crippen LogP contribution in [0.3, 0.4) is 0 Å². The van der Waals surface area contributed by atoms with Crippen LogP contribution >= 0.6 is 11.6 Å². The summed E-state index contributed by atoms with van der Waals surface area (Å²) >= 11 is 5.94. The van der Waals surface area contributed by atoms with Gasteiger partial charge < -0.3 is 9.64 Å². The van der Waals surface area contributed by atoms with E-state index >= 15 is 0 Å². The van der Waals surface area contributed by atoms with Gasteiger partial charge in [0, 0.05) is 37.4 Å². The Kier molecular flexibility index (Phi) is 5.28. The summed E-state index contributed by atoms with van der Waals surface area (Å²) in [6, 6.07) is 7.18. The van der Waals surface area contributed by atoms with Gasteiger partial charge in [-0.25, -0.2) is 15.0 Å². The molecule has 3 atom stereocenters. The Bertz CT molecular complexity index is 1090. The molecule has 3 aromatic heterocycles. The van der Waals surface area contributed by atoms with Crippen molar-refractivity contribution in [2.45, 2.75) is 38.3 Å². The second kappa shape index (κ2) is 8.23. The summed E-state index contributed by atoms with van der Waals surface area (Å²) < 4.78 is 6.19. The fourth-order valence-corrected chi connectivity index (χ4v) is 4.68. The zero-order chi connectivity index (χ0) is 21.4. The Morgan fingerprint density at radius 1 is 1.13 bits per heavy atom. The molecule has 0 N–H and O–H groups in total. The summed E-state index contributed by atoms with van der Waals surface area (Å²) in [6.07, 6.45) is 9.43. The van der Waals surface area contributed by atoms with Gasteiger partial charge in [-0.05, 0) is 55.9 Å². The van der Waals surface area contributed by atoms with E-state index in [0.29, 0.717) is 40.4 Å². The van der Waals surface area contributed by atoms with E-state index in [2.05, 4.69) is 19.9 Å². The van der Waals surface area contributed by atoms with Crippen molar-refractivity contribution in [1.82, 2.24) is 24.8 Å². The molecule has 2 aliphatic heterocycles. The number of aromatic nitrogens is 4. The summed E-state index contributed by atoms with van der Waals surface area (Å²) in [6.45, 7) is 2.65. The fraction of sp³-hybridized carbons (Fsp3) is 0.348. The Labute approximate surface area is 185 Å². The van der Waals surface area contributed by atoms with Crippen molar-refractivity contribution < 1.29 is 9.53 Å². The minimum absolute atomic E-state index is 0.0253. The van der Waals surface area contributed by atoms with Crippen LogP contribution in [0.2, 0.25) is 5.02 Å². The third-order valence-corrected chi connectivity index (χ3v) is 6.21. The number of ether oxygens (including phenoxy) is 1. The highest BCUT2D eigenvalue weighted by atomic mass is 35.5. The SMILES string of the molecule is Cc1cnc(C(=O)N2CC3CCC2C(Oc2ccc(Cl)cn2)C3)c(-c2ncccn2)c1. The van der Waals surface area contributed by atoms with Gasteiger partial charge in [0.15, 0.2) is 5.82 Å². The van der Waals surface area contributed by atoms with Crippen LogP contribution in [0.5, 0.6) is 5.88 Å². The van der Waals surface area contributed by atoms with E-state index in [1.54, 1.807) is 43.0 Å². The first-order valence-corrected chi connectivity index (χ1v) is 10.8. The van der Waals surface area contributed by atoms with Crippen LogP contribution in [-0.2, 0) is 0 Å². The standard InChI is InChI=1S/C23H22ClN5O2/c1-14-9-17(22-25-7-2-8-26-22)21(28-11-14)23(30)29-13-15-3-5-18(29)19(10-15)31-20-6-4-16(24)12-27-20/h2,4,6-9,11-12,15,18-19H,3,5,10,13H2,1H3. The van der Waals surface area contributed by atoms with Crippen LogP contribution in [0, 0.1) is 12.8 Å². The van der Waals surface area contributed by atoms with E-state index in [9.17, 15) is 4.79 Å². The number of nitrogens with zero attached hydrogens (tertiary/aromatic N) is 5. The number of aryl methyl sites for hydroxylation is 1. The average molecular weight is 436 g/mol. The lowest BCUT2D eigenvalue weighted by molar-refractivity contribution is -0.0315. The van der Waals surface area contributed by atoms with Gasteiger partial charge in [0.2, 0.25) is 5.88 Å². The van der Waals surface area contributed by atoms with Gasteiger partial charge >= 0.3 is 0 Å². The number of hydrogen-bond donors (Lipinski definition) is 0. The lowest BCUT2D eigenvalue weighted by atomic mass is 9.77. The molecule has 0 radical (unpaired) electrons. The number of piperidine rings is 2. The second-order valence-electron chi connectivity index (χ2n) is 8.16. The minimum Gasteiger partial charge on any atom is -0.472 e. The Balaban J connectivity index is 1.44. The first-order chi connectivity index (χ1) is 15.1. The lowest BCUT2D eigenvalue weighted by Gasteiger charge is -2.49. The third-order valence-electron chi connectivity index (χ3n) is 5.99. The summed E-state index contributed by atoms with van der Waals surface area (Å²) in [4.78, 5) is 33.0. The number of amides is 1. The number of rotatable bonds is 4. The number of carbonyl (C=O) groups is 1. The van der Waals surface area contributed by atoms with Crippen molar-refractivity contribution in [3.8, 4) is 17.3 Å². The maximum absolute atomic E-state index is 13.7. The van der Waals surface area contributed by atoms with E-state index in [0.717, 1.165) is 24.8 Å². The normalized spacial score (nSPS) is 22.4. The van der Waals surface area contributed by atoms with Crippen LogP contribution in [0.25, 0.3) is 11.4 Å². The van der Waals surface area contributed by atoms with Gasteiger partial charge in [0.1, 0.15) is 11.8 Å². The Hall–Kier alpha value is -3.06. The quantitative estimate of drug-likeness (QED) is 0.616. The maximum atomic E-state index is 13.7. The van der Waals surface area contributed by atoms with E-state index < -0.39 is 0 Å². The topological polar surface area (TPSA) is 81.1 Å². The summed E-state index contributed by atoms with van der Waals surface area (Å²) in [5.41, 5.74) is 1.99. The van der Waals surface area contributed by atoms with Crippen molar-refractivity contribution in [3.63, 3.8) is 0 Å². The van der Waals surface area contributed by atoms with Gasteiger partial charge in [-0.2, -0.15) is 0 Å². The molecule has 8 heteroatoms. The number of fused-ring (bicyclic) bond motifs is 3. The summed E-state index contributed by atoms with van der Waals surface area (Å²) in [5, 5.41) is 0.565. The first kappa shape index (κ1) is 19.9. The Morgan fingerprint density at radius 3 is 2.71 bits per heavy atom. The van der Waals surface area contributed by atoms with Crippen molar-refractivity contribution in [2.75, 3.05) is 6.54 Å². The minimum atomic E-state index is -0.105. The summed E-state index contributed by atoms with van der Waals surface area (Å²) in [5.74, 6) is 1.33. The predicted octanol–water partition coefficient (Wildman–Crippen LogP) is 3.97. The predicted molar refractivity (Wildman–Crippen MR) is 116 cm³/mol. The molecular weight excluding hydrogens is 414 g/mol. The molecule has 3 unspecified atom stereocenters. The molecular formula is C23H22ClN5O2. The van der Waals surface area contributed by atoms with Crippen molar-refractivity contribution in [2.24, 2.45) is 5.92 Å². The van der Waals surface area contributed by atoms with Gasteiger partial charge in [-0.1, -0.05) is 11.6 Å².